The SMILES string of the molecule is N=C(N)[C@](F)(OF)[C@@](F)(OF)[C@](F)(OF)[C@](F)(OF)C(=N)N. The number of nitrogens with one attached hydrogen (secondary N) is 2. The van der Waals surface area contributed by atoms with E-state index in [0.29, 0.717) is 0 Å². The Kier molecular flexibility index (Phi) is 5.65. The summed E-state index contributed by atoms with van der Waals surface area (Å²) in [6, 6.07) is 0. The minimum Gasteiger partial charge on any atom is -0.383 e. The van der Waals surface area contributed by atoms with Crippen LogP contribution >= 0.6 is 0 Å². The highest BCUT2D eigenvalue weighted by Gasteiger charge is 2.86. The van der Waals surface area contributed by atoms with Crippen molar-refractivity contribution in [3.8, 4) is 0 Å². The standard InChI is InChI=1S/C6H6F8N4O4/c7-3(19-11,1(15)16)5(9,21-13)6(10,22-14)4(8,20-12)2(17)18/h(H3,15,16)(H3,17,18)/t3-,4+,5-,6-/m1/s1. The van der Waals surface area contributed by atoms with E-state index in [4.69, 9.17) is 10.8 Å². The van der Waals surface area contributed by atoms with Crippen molar-refractivity contribution in [3.05, 3.63) is 0 Å². The molecule has 0 bridgehead atoms. The number of amidine groups is 2. The highest BCUT2D eigenvalue weighted by molar-refractivity contribution is 5.88. The molecule has 16 heteroatoms. The Morgan fingerprint density at radius 3 is 0.955 bits per heavy atom. The molecule has 0 aromatic rings. The quantitative estimate of drug-likeness (QED) is 0.279. The van der Waals surface area contributed by atoms with Crippen LogP contribution in [0.5, 0.6) is 0 Å². The molecule has 0 amide bonds. The van der Waals surface area contributed by atoms with E-state index >= 15 is 0 Å². The minimum atomic E-state index is -6.16. The van der Waals surface area contributed by atoms with Crippen LogP contribution in [0.15, 0.2) is 0 Å². The first-order chi connectivity index (χ1) is 9.88. The highest BCUT2D eigenvalue weighted by atomic mass is 19.3. The zero-order valence-electron chi connectivity index (χ0n) is 9.81. The molecule has 0 aliphatic heterocycles. The van der Waals surface area contributed by atoms with Crippen molar-refractivity contribution in [1.82, 2.24) is 0 Å². The van der Waals surface area contributed by atoms with Crippen molar-refractivity contribution < 1.29 is 55.4 Å². The van der Waals surface area contributed by atoms with Crippen molar-refractivity contribution in [1.29, 1.82) is 10.8 Å². The summed E-state index contributed by atoms with van der Waals surface area (Å²) in [4.78, 5) is 7.85. The molecule has 0 aromatic heterocycles. The summed E-state index contributed by atoms with van der Waals surface area (Å²) in [5.74, 6) is -28.7. The van der Waals surface area contributed by atoms with Gasteiger partial charge < -0.3 is 11.5 Å². The van der Waals surface area contributed by atoms with E-state index in [1.807, 2.05) is 19.8 Å². The van der Waals surface area contributed by atoms with Crippen LogP contribution in [0.2, 0.25) is 0 Å². The molecule has 0 rings (SSSR count). The molecule has 0 unspecified atom stereocenters. The third kappa shape index (κ3) is 2.23. The summed E-state index contributed by atoms with van der Waals surface area (Å²) in [6.07, 6.45) is 0. The summed E-state index contributed by atoms with van der Waals surface area (Å²) in [5.41, 5.74) is 8.45. The first-order valence-electron chi connectivity index (χ1n) is 4.52. The smallest absolute Gasteiger partial charge is 0.381 e. The van der Waals surface area contributed by atoms with Gasteiger partial charge in [0.2, 0.25) is 0 Å². The van der Waals surface area contributed by atoms with Crippen LogP contribution < -0.4 is 11.5 Å². The molecule has 0 spiro atoms. The van der Waals surface area contributed by atoms with Gasteiger partial charge in [0.25, 0.3) is 0 Å². The second-order valence-electron chi connectivity index (χ2n) is 3.52. The number of halogens is 8. The summed E-state index contributed by atoms with van der Waals surface area (Å²) in [6.45, 7) is 0. The van der Waals surface area contributed by atoms with E-state index < -0.39 is 35.1 Å². The lowest BCUT2D eigenvalue weighted by Gasteiger charge is -2.41. The van der Waals surface area contributed by atoms with Gasteiger partial charge in [0.05, 0.1) is 0 Å². The lowest BCUT2D eigenvalue weighted by atomic mass is 9.92. The maximum absolute atomic E-state index is 14.0. The number of hydrogen-bond acceptors (Lipinski definition) is 6. The van der Waals surface area contributed by atoms with Crippen LogP contribution in [-0.2, 0) is 19.8 Å². The molecule has 0 saturated carbocycles. The molecule has 0 aromatic carbocycles. The fraction of sp³-hybridized carbons (Fsp3) is 0.667. The van der Waals surface area contributed by atoms with Gasteiger partial charge in [-0.15, -0.1) is 19.8 Å². The second-order valence-corrected chi connectivity index (χ2v) is 3.52. The predicted octanol–water partition coefficient (Wildman–Crippen LogP) is 1.13. The molecule has 0 aliphatic carbocycles. The average Bonchev–Trinajstić information content (AvgIpc) is 2.50. The first-order valence-corrected chi connectivity index (χ1v) is 4.52. The van der Waals surface area contributed by atoms with Gasteiger partial charge in [-0.25, -0.2) is 0 Å². The molecule has 0 heterocycles. The molecular weight excluding hydrogens is 344 g/mol. The van der Waals surface area contributed by atoms with E-state index in [2.05, 4.69) is 11.5 Å². The van der Waals surface area contributed by atoms with E-state index in [0.717, 1.165) is 0 Å². The monoisotopic (exact) mass is 350 g/mol. The topological polar surface area (TPSA) is 137 Å². The van der Waals surface area contributed by atoms with Gasteiger partial charge in [-0.2, -0.15) is 17.6 Å². The summed E-state index contributed by atoms with van der Waals surface area (Å²) < 4.78 is 104. The predicted molar refractivity (Wildman–Crippen MR) is 48.0 cm³/mol. The number of alkyl halides is 4. The minimum absolute atomic E-state index is 1.90. The number of rotatable bonds is 9. The molecule has 4 atom stereocenters. The van der Waals surface area contributed by atoms with Crippen LogP contribution in [0.4, 0.5) is 35.7 Å². The Balaban J connectivity index is 6.60. The lowest BCUT2D eigenvalue weighted by Crippen LogP contribution is -2.75. The van der Waals surface area contributed by atoms with Crippen LogP contribution in [0.1, 0.15) is 0 Å². The lowest BCUT2D eigenvalue weighted by molar-refractivity contribution is -0.537. The zero-order valence-corrected chi connectivity index (χ0v) is 9.81. The summed E-state index contributed by atoms with van der Waals surface area (Å²) in [7, 11) is 0. The Morgan fingerprint density at radius 1 is 0.636 bits per heavy atom. The summed E-state index contributed by atoms with van der Waals surface area (Å²) in [5, 5.41) is 12.8. The molecule has 0 aliphatic rings. The summed E-state index contributed by atoms with van der Waals surface area (Å²) >= 11 is 0. The first kappa shape index (κ1) is 20.2. The van der Waals surface area contributed by atoms with E-state index in [9.17, 15) is 35.7 Å². The Hall–Kier alpha value is -1.78. The van der Waals surface area contributed by atoms with Gasteiger partial charge in [0, 0.05) is 0 Å². The van der Waals surface area contributed by atoms with Gasteiger partial charge in [-0.3, -0.25) is 10.8 Å². The maximum atomic E-state index is 14.0. The highest BCUT2D eigenvalue weighted by Crippen LogP contribution is 2.52. The normalized spacial score (nSPS) is 22.7. The Morgan fingerprint density at radius 2 is 0.864 bits per heavy atom. The van der Waals surface area contributed by atoms with Gasteiger partial charge >= 0.3 is 23.4 Å². The van der Waals surface area contributed by atoms with Gasteiger partial charge in [0.15, 0.2) is 11.7 Å². The molecule has 0 saturated heterocycles. The zero-order chi connectivity index (χ0) is 18.0. The number of hydrogen-bond donors (Lipinski definition) is 4. The molecular formula is C6H6F8N4O4. The maximum Gasteiger partial charge on any atom is 0.381 e. The van der Waals surface area contributed by atoms with Crippen molar-refractivity contribution in [3.63, 3.8) is 0 Å². The van der Waals surface area contributed by atoms with Crippen molar-refractivity contribution in [2.45, 2.75) is 23.4 Å². The van der Waals surface area contributed by atoms with E-state index in [1.165, 1.54) is 0 Å². The second kappa shape index (κ2) is 6.15. The van der Waals surface area contributed by atoms with Crippen LogP contribution in [0.25, 0.3) is 0 Å². The molecule has 0 radical (unpaired) electrons. The third-order valence-corrected chi connectivity index (χ3v) is 2.36. The molecule has 8 nitrogen and oxygen atoms in total. The van der Waals surface area contributed by atoms with Crippen molar-refractivity contribution >= 4 is 11.7 Å². The van der Waals surface area contributed by atoms with Gasteiger partial charge in [-0.05, 0) is 18.1 Å². The Bertz CT molecular complexity index is 420. The average molecular weight is 350 g/mol. The number of nitrogens with two attached hydrogens (primary N) is 2. The van der Waals surface area contributed by atoms with Crippen LogP contribution in [0.3, 0.4) is 0 Å². The fourth-order valence-electron chi connectivity index (χ4n) is 1.14. The van der Waals surface area contributed by atoms with Crippen molar-refractivity contribution in [2.75, 3.05) is 0 Å². The molecule has 0 fully saturated rings. The molecule has 6 N–H and O–H groups in total. The fourth-order valence-corrected chi connectivity index (χ4v) is 1.14. The third-order valence-electron chi connectivity index (χ3n) is 2.36. The van der Waals surface area contributed by atoms with E-state index in [-0.39, 0.29) is 0 Å². The van der Waals surface area contributed by atoms with Crippen LogP contribution in [0, 0.1) is 10.8 Å². The molecule has 130 valence electrons. The largest absolute Gasteiger partial charge is 0.383 e. The van der Waals surface area contributed by atoms with Crippen LogP contribution in [-0.4, -0.2) is 35.1 Å². The van der Waals surface area contributed by atoms with Gasteiger partial charge in [0.1, 0.15) is 0 Å². The molecule has 22 heavy (non-hydrogen) atoms. The van der Waals surface area contributed by atoms with Gasteiger partial charge in [-0.1, -0.05) is 0 Å². The Labute approximate surface area is 114 Å². The van der Waals surface area contributed by atoms with Crippen molar-refractivity contribution in [2.24, 2.45) is 11.5 Å². The van der Waals surface area contributed by atoms with E-state index in [1.54, 1.807) is 0 Å².